The van der Waals surface area contributed by atoms with Crippen molar-refractivity contribution < 1.29 is 18.7 Å². The number of hydrogen-bond acceptors (Lipinski definition) is 7. The maximum absolute atomic E-state index is 14.9. The first-order chi connectivity index (χ1) is 14.9. The molecule has 10 nitrogen and oxygen atoms in total. The number of methoxy groups -OCH3 is 1. The predicted molar refractivity (Wildman–Crippen MR) is 111 cm³/mol. The lowest BCUT2D eigenvalue weighted by Gasteiger charge is -2.18. The number of aromatic nitrogens is 5. The van der Waals surface area contributed by atoms with E-state index in [-0.39, 0.29) is 6.04 Å². The van der Waals surface area contributed by atoms with Gasteiger partial charge in [-0.1, -0.05) is 0 Å². The number of nitrogens with one attached hydrogen (secondary N) is 3. The molecule has 31 heavy (non-hydrogen) atoms. The van der Waals surface area contributed by atoms with Crippen molar-refractivity contribution in [3.8, 4) is 0 Å². The molecule has 1 aliphatic rings. The van der Waals surface area contributed by atoms with Crippen LogP contribution in [0.25, 0.3) is 5.65 Å². The number of carbonyl (C=O) groups excluding carboxylic acids is 1. The molecule has 0 saturated heterocycles. The van der Waals surface area contributed by atoms with Crippen molar-refractivity contribution in [3.05, 3.63) is 35.9 Å². The standard InChI is InChI=1S/C20H26FN7O3/c1-11(2)23-20(29)31-15-5-4-13(18(15)21)14-8-16(27-26-14)25-19-22-7-6-17-24-12(10-30-3)9-28(17)19/h6-9,11,13,15,18H,4-5,10H2,1-3H3,(H,23,29)(H2,22,25,26,27)/t13-,15-,18+/m0/s1. The first-order valence-electron chi connectivity index (χ1n) is 10.2. The number of rotatable bonds is 7. The number of halogens is 1. The van der Waals surface area contributed by atoms with Crippen molar-refractivity contribution in [1.29, 1.82) is 0 Å². The molecule has 1 aliphatic carbocycles. The van der Waals surface area contributed by atoms with E-state index in [1.807, 2.05) is 20.0 Å². The molecule has 0 radical (unpaired) electrons. The second-order valence-electron chi connectivity index (χ2n) is 7.87. The van der Waals surface area contributed by atoms with Crippen molar-refractivity contribution in [1.82, 2.24) is 29.9 Å². The number of ether oxygens (including phenoxy) is 2. The molecule has 0 bridgehead atoms. The highest BCUT2D eigenvalue weighted by molar-refractivity contribution is 5.67. The van der Waals surface area contributed by atoms with Crippen molar-refractivity contribution in [2.24, 2.45) is 0 Å². The molecule has 0 spiro atoms. The van der Waals surface area contributed by atoms with Crippen LogP contribution < -0.4 is 10.6 Å². The highest BCUT2D eigenvalue weighted by Crippen LogP contribution is 2.38. The molecule has 1 amide bonds. The van der Waals surface area contributed by atoms with Gasteiger partial charge in [0.2, 0.25) is 5.95 Å². The average Bonchev–Trinajstić information content (AvgIpc) is 3.41. The third-order valence-electron chi connectivity index (χ3n) is 5.13. The summed E-state index contributed by atoms with van der Waals surface area (Å²) in [6.45, 7) is 4.04. The third-order valence-corrected chi connectivity index (χ3v) is 5.13. The summed E-state index contributed by atoms with van der Waals surface area (Å²) in [7, 11) is 1.61. The quantitative estimate of drug-likeness (QED) is 0.526. The van der Waals surface area contributed by atoms with Crippen LogP contribution in [0.4, 0.5) is 21.0 Å². The van der Waals surface area contributed by atoms with Crippen molar-refractivity contribution >= 4 is 23.5 Å². The zero-order valence-electron chi connectivity index (χ0n) is 17.6. The minimum Gasteiger partial charge on any atom is -0.443 e. The van der Waals surface area contributed by atoms with Crippen LogP contribution in [0.15, 0.2) is 24.5 Å². The lowest BCUT2D eigenvalue weighted by atomic mass is 10.0. The first kappa shape index (κ1) is 21.0. The molecule has 3 aromatic rings. The number of alkyl halides is 1. The number of fused-ring (bicyclic) bond motifs is 1. The summed E-state index contributed by atoms with van der Waals surface area (Å²) in [5.41, 5.74) is 2.14. The number of anilines is 2. The Labute approximate surface area is 178 Å². The van der Waals surface area contributed by atoms with Crippen LogP contribution in [0.5, 0.6) is 0 Å². The van der Waals surface area contributed by atoms with Crippen molar-refractivity contribution in [2.75, 3.05) is 12.4 Å². The number of imidazole rings is 1. The fourth-order valence-electron chi connectivity index (χ4n) is 3.76. The normalized spacial score (nSPS) is 21.0. The summed E-state index contributed by atoms with van der Waals surface area (Å²) in [6.07, 6.45) is 1.81. The lowest BCUT2D eigenvalue weighted by molar-refractivity contribution is 0.0555. The summed E-state index contributed by atoms with van der Waals surface area (Å²) < 4.78 is 27.1. The zero-order valence-corrected chi connectivity index (χ0v) is 17.6. The lowest BCUT2D eigenvalue weighted by Crippen LogP contribution is -2.36. The fourth-order valence-corrected chi connectivity index (χ4v) is 3.76. The van der Waals surface area contributed by atoms with Crippen LogP contribution in [0, 0.1) is 0 Å². The van der Waals surface area contributed by atoms with E-state index in [1.165, 1.54) is 0 Å². The molecule has 3 aromatic heterocycles. The number of amides is 1. The van der Waals surface area contributed by atoms with E-state index in [9.17, 15) is 9.18 Å². The summed E-state index contributed by atoms with van der Waals surface area (Å²) in [6, 6.07) is 3.48. The Morgan fingerprint density at radius 1 is 1.42 bits per heavy atom. The Balaban J connectivity index is 1.44. The van der Waals surface area contributed by atoms with Crippen molar-refractivity contribution in [2.45, 2.75) is 57.5 Å². The van der Waals surface area contributed by atoms with Gasteiger partial charge in [-0.25, -0.2) is 19.2 Å². The van der Waals surface area contributed by atoms with Gasteiger partial charge in [-0.3, -0.25) is 9.50 Å². The maximum Gasteiger partial charge on any atom is 0.407 e. The molecule has 166 valence electrons. The van der Waals surface area contributed by atoms with Gasteiger partial charge in [0.1, 0.15) is 17.9 Å². The minimum atomic E-state index is -1.31. The Kier molecular flexibility index (Phi) is 6.03. The number of aromatic amines is 1. The summed E-state index contributed by atoms with van der Waals surface area (Å²) >= 11 is 0. The van der Waals surface area contributed by atoms with Gasteiger partial charge in [-0.05, 0) is 32.8 Å². The minimum absolute atomic E-state index is 0.0665. The average molecular weight is 431 g/mol. The summed E-state index contributed by atoms with van der Waals surface area (Å²) in [5.74, 6) is 0.608. The van der Waals surface area contributed by atoms with E-state index in [4.69, 9.17) is 9.47 Å². The molecular formula is C20H26FN7O3. The van der Waals surface area contributed by atoms with Gasteiger partial charge in [0, 0.05) is 43.2 Å². The van der Waals surface area contributed by atoms with Crippen LogP contribution in [0.1, 0.15) is 44.0 Å². The first-order valence-corrected chi connectivity index (χ1v) is 10.2. The van der Waals surface area contributed by atoms with Gasteiger partial charge in [-0.2, -0.15) is 5.10 Å². The second-order valence-corrected chi connectivity index (χ2v) is 7.87. The Hall–Kier alpha value is -3.21. The van der Waals surface area contributed by atoms with E-state index >= 15 is 0 Å². The highest BCUT2D eigenvalue weighted by Gasteiger charge is 2.40. The van der Waals surface area contributed by atoms with Gasteiger partial charge >= 0.3 is 6.09 Å². The summed E-state index contributed by atoms with van der Waals surface area (Å²) in [4.78, 5) is 20.6. The second kappa shape index (κ2) is 8.88. The third kappa shape index (κ3) is 4.61. The van der Waals surface area contributed by atoms with Gasteiger partial charge < -0.3 is 20.1 Å². The molecule has 3 atom stereocenters. The molecular weight excluding hydrogens is 405 g/mol. The summed E-state index contributed by atoms with van der Waals surface area (Å²) in [5, 5.41) is 12.9. The smallest absolute Gasteiger partial charge is 0.407 e. The number of hydrogen-bond donors (Lipinski definition) is 3. The SMILES string of the molecule is COCc1cn2c(Nc3cc([C@@H]4CC[C@H](OC(=O)NC(C)C)[C@@H]4F)[nH]n3)nccc2n1. The Bertz CT molecular complexity index is 1050. The molecule has 0 aliphatic heterocycles. The van der Waals surface area contributed by atoms with Gasteiger partial charge in [0.15, 0.2) is 5.82 Å². The molecule has 0 unspecified atom stereocenters. The molecule has 1 saturated carbocycles. The highest BCUT2D eigenvalue weighted by atomic mass is 19.1. The fraction of sp³-hybridized carbons (Fsp3) is 0.500. The number of carbonyl (C=O) groups is 1. The number of nitrogens with zero attached hydrogens (tertiary/aromatic N) is 4. The Morgan fingerprint density at radius 3 is 3.03 bits per heavy atom. The van der Waals surface area contributed by atoms with E-state index in [2.05, 4.69) is 30.8 Å². The molecule has 11 heteroatoms. The number of H-pyrrole nitrogens is 1. The molecule has 3 heterocycles. The maximum atomic E-state index is 14.9. The molecule has 3 N–H and O–H groups in total. The largest absolute Gasteiger partial charge is 0.443 e. The van der Waals surface area contributed by atoms with E-state index in [1.54, 1.807) is 29.8 Å². The van der Waals surface area contributed by atoms with E-state index in [0.717, 1.165) is 11.3 Å². The molecule has 1 fully saturated rings. The van der Waals surface area contributed by atoms with Crippen LogP contribution in [-0.2, 0) is 16.1 Å². The van der Waals surface area contributed by atoms with Gasteiger partial charge in [0.25, 0.3) is 0 Å². The number of alkyl carbamates (subject to hydrolysis) is 1. The zero-order chi connectivity index (χ0) is 22.0. The predicted octanol–water partition coefficient (Wildman–Crippen LogP) is 3.06. The Morgan fingerprint density at radius 2 is 2.26 bits per heavy atom. The van der Waals surface area contributed by atoms with E-state index < -0.39 is 24.3 Å². The van der Waals surface area contributed by atoms with Crippen LogP contribution in [0.2, 0.25) is 0 Å². The molecule has 0 aromatic carbocycles. The van der Waals surface area contributed by atoms with Gasteiger partial charge in [-0.15, -0.1) is 0 Å². The van der Waals surface area contributed by atoms with Crippen LogP contribution >= 0.6 is 0 Å². The monoisotopic (exact) mass is 431 g/mol. The molecule has 4 rings (SSSR count). The van der Waals surface area contributed by atoms with Crippen LogP contribution in [0.3, 0.4) is 0 Å². The van der Waals surface area contributed by atoms with Crippen molar-refractivity contribution in [3.63, 3.8) is 0 Å². The van der Waals surface area contributed by atoms with Crippen LogP contribution in [-0.4, -0.2) is 56.1 Å². The van der Waals surface area contributed by atoms with Gasteiger partial charge in [0.05, 0.1) is 12.3 Å². The topological polar surface area (TPSA) is 118 Å². The van der Waals surface area contributed by atoms with E-state index in [0.29, 0.717) is 36.9 Å².